The molecular formula is C9H12ClN3O2. The Morgan fingerprint density at radius 1 is 1.73 bits per heavy atom. The minimum absolute atomic E-state index is 0.0537. The second kappa shape index (κ2) is 4.93. The molecule has 1 heterocycles. The first-order valence-electron chi connectivity index (χ1n) is 4.44. The van der Waals surface area contributed by atoms with E-state index in [0.29, 0.717) is 5.82 Å². The monoisotopic (exact) mass is 229 g/mol. The van der Waals surface area contributed by atoms with Gasteiger partial charge in [0.1, 0.15) is 5.82 Å². The SMILES string of the molecule is CC(CC(=O)O)N(C)c1ccnc(Cl)n1. The summed E-state index contributed by atoms with van der Waals surface area (Å²) in [6, 6.07) is 1.54. The van der Waals surface area contributed by atoms with Crippen LogP contribution in [-0.2, 0) is 4.79 Å². The zero-order chi connectivity index (χ0) is 11.4. The Labute approximate surface area is 92.7 Å². The summed E-state index contributed by atoms with van der Waals surface area (Å²) in [6.07, 6.45) is 1.59. The highest BCUT2D eigenvalue weighted by Gasteiger charge is 2.14. The fourth-order valence-electron chi connectivity index (χ4n) is 1.14. The van der Waals surface area contributed by atoms with E-state index in [1.165, 1.54) is 6.20 Å². The summed E-state index contributed by atoms with van der Waals surface area (Å²) in [4.78, 5) is 20.0. The average molecular weight is 230 g/mol. The number of aromatic nitrogens is 2. The Hall–Kier alpha value is -1.36. The summed E-state index contributed by atoms with van der Waals surface area (Å²) in [6.45, 7) is 1.81. The minimum atomic E-state index is -0.838. The van der Waals surface area contributed by atoms with Gasteiger partial charge in [-0.25, -0.2) is 9.97 Å². The summed E-state index contributed by atoms with van der Waals surface area (Å²) in [7, 11) is 1.77. The van der Waals surface area contributed by atoms with Crippen LogP contribution in [0.4, 0.5) is 5.82 Å². The van der Waals surface area contributed by atoms with Gasteiger partial charge in [-0.3, -0.25) is 4.79 Å². The van der Waals surface area contributed by atoms with Crippen molar-refractivity contribution < 1.29 is 9.90 Å². The maximum Gasteiger partial charge on any atom is 0.305 e. The van der Waals surface area contributed by atoms with Crippen molar-refractivity contribution >= 4 is 23.4 Å². The van der Waals surface area contributed by atoms with Crippen molar-refractivity contribution in [2.24, 2.45) is 0 Å². The molecule has 0 aliphatic carbocycles. The second-order valence-corrected chi connectivity index (χ2v) is 3.58. The lowest BCUT2D eigenvalue weighted by molar-refractivity contribution is -0.137. The number of nitrogens with zero attached hydrogens (tertiary/aromatic N) is 3. The normalized spacial score (nSPS) is 12.2. The van der Waals surface area contributed by atoms with E-state index in [2.05, 4.69) is 9.97 Å². The van der Waals surface area contributed by atoms with Gasteiger partial charge in [-0.2, -0.15) is 0 Å². The van der Waals surface area contributed by atoms with Crippen molar-refractivity contribution in [2.75, 3.05) is 11.9 Å². The van der Waals surface area contributed by atoms with Gasteiger partial charge in [0, 0.05) is 19.3 Å². The van der Waals surface area contributed by atoms with E-state index in [0.717, 1.165) is 0 Å². The molecule has 0 aliphatic heterocycles. The van der Waals surface area contributed by atoms with Crippen molar-refractivity contribution in [3.05, 3.63) is 17.5 Å². The Balaban J connectivity index is 2.75. The molecule has 0 spiro atoms. The highest BCUT2D eigenvalue weighted by atomic mass is 35.5. The molecule has 0 fully saturated rings. The topological polar surface area (TPSA) is 66.3 Å². The molecule has 1 N–H and O–H groups in total. The van der Waals surface area contributed by atoms with Crippen LogP contribution in [0.3, 0.4) is 0 Å². The van der Waals surface area contributed by atoms with E-state index in [1.54, 1.807) is 18.0 Å². The number of rotatable bonds is 4. The predicted molar refractivity (Wildman–Crippen MR) is 57.2 cm³/mol. The maximum absolute atomic E-state index is 10.5. The summed E-state index contributed by atoms with van der Waals surface area (Å²) in [5.74, 6) is -0.224. The van der Waals surface area contributed by atoms with Crippen LogP contribution in [0.15, 0.2) is 12.3 Å². The fraction of sp³-hybridized carbons (Fsp3) is 0.444. The smallest absolute Gasteiger partial charge is 0.305 e. The summed E-state index contributed by atoms with van der Waals surface area (Å²) < 4.78 is 0. The first kappa shape index (κ1) is 11.7. The van der Waals surface area contributed by atoms with Gasteiger partial charge in [0.15, 0.2) is 0 Å². The van der Waals surface area contributed by atoms with Gasteiger partial charge in [-0.1, -0.05) is 0 Å². The van der Waals surface area contributed by atoms with Gasteiger partial charge in [-0.05, 0) is 24.6 Å². The number of hydrogen-bond donors (Lipinski definition) is 1. The van der Waals surface area contributed by atoms with Crippen molar-refractivity contribution in [3.63, 3.8) is 0 Å². The number of carboxylic acid groups (broad SMARTS) is 1. The van der Waals surface area contributed by atoms with Gasteiger partial charge < -0.3 is 10.0 Å². The molecule has 0 aromatic carbocycles. The average Bonchev–Trinajstić information content (AvgIpc) is 2.15. The Morgan fingerprint density at radius 3 is 2.93 bits per heavy atom. The van der Waals surface area contributed by atoms with Crippen molar-refractivity contribution in [1.29, 1.82) is 0 Å². The molecule has 1 aromatic heterocycles. The quantitative estimate of drug-likeness (QED) is 0.792. The third kappa shape index (κ3) is 3.36. The molecule has 0 amide bonds. The van der Waals surface area contributed by atoms with E-state index in [1.807, 2.05) is 6.92 Å². The summed E-state index contributed by atoms with van der Waals surface area (Å²) in [5, 5.41) is 8.80. The lowest BCUT2D eigenvalue weighted by Crippen LogP contribution is -2.31. The van der Waals surface area contributed by atoms with Crippen molar-refractivity contribution in [3.8, 4) is 0 Å². The van der Waals surface area contributed by atoms with Crippen LogP contribution in [-0.4, -0.2) is 34.1 Å². The van der Waals surface area contributed by atoms with Crippen molar-refractivity contribution in [2.45, 2.75) is 19.4 Å². The first-order chi connectivity index (χ1) is 7.00. The number of carbonyl (C=O) groups is 1. The standard InChI is InChI=1S/C9H12ClN3O2/c1-6(5-8(14)15)13(2)7-3-4-11-9(10)12-7/h3-4,6H,5H2,1-2H3,(H,14,15). The van der Waals surface area contributed by atoms with Crippen LogP contribution in [0.1, 0.15) is 13.3 Å². The largest absolute Gasteiger partial charge is 0.481 e. The second-order valence-electron chi connectivity index (χ2n) is 3.24. The Morgan fingerprint density at radius 2 is 2.40 bits per heavy atom. The van der Waals surface area contributed by atoms with Gasteiger partial charge in [0.2, 0.25) is 5.28 Å². The van der Waals surface area contributed by atoms with Crippen LogP contribution in [0.25, 0.3) is 0 Å². The van der Waals surface area contributed by atoms with Crippen molar-refractivity contribution in [1.82, 2.24) is 9.97 Å². The Bertz CT molecular complexity index is 359. The lowest BCUT2D eigenvalue weighted by atomic mass is 10.2. The molecule has 1 aromatic rings. The molecule has 0 bridgehead atoms. The van der Waals surface area contributed by atoms with Crippen LogP contribution in [0.2, 0.25) is 5.28 Å². The zero-order valence-electron chi connectivity index (χ0n) is 8.51. The van der Waals surface area contributed by atoms with E-state index < -0.39 is 5.97 Å². The van der Waals surface area contributed by atoms with E-state index in [4.69, 9.17) is 16.7 Å². The van der Waals surface area contributed by atoms with Gasteiger partial charge in [0.25, 0.3) is 0 Å². The number of aliphatic carboxylic acids is 1. The zero-order valence-corrected chi connectivity index (χ0v) is 9.27. The first-order valence-corrected chi connectivity index (χ1v) is 4.81. The number of hydrogen-bond acceptors (Lipinski definition) is 4. The molecule has 0 saturated carbocycles. The third-order valence-electron chi connectivity index (χ3n) is 2.10. The van der Waals surface area contributed by atoms with E-state index >= 15 is 0 Å². The molecule has 1 unspecified atom stereocenters. The van der Waals surface area contributed by atoms with Crippen LogP contribution in [0, 0.1) is 0 Å². The van der Waals surface area contributed by atoms with Gasteiger partial charge in [-0.15, -0.1) is 0 Å². The highest BCUT2D eigenvalue weighted by Crippen LogP contribution is 2.14. The maximum atomic E-state index is 10.5. The fourth-order valence-corrected chi connectivity index (χ4v) is 1.28. The molecule has 1 atom stereocenters. The highest BCUT2D eigenvalue weighted by molar-refractivity contribution is 6.28. The summed E-state index contributed by atoms with van der Waals surface area (Å²) in [5.41, 5.74) is 0. The molecule has 0 saturated heterocycles. The number of anilines is 1. The number of halogens is 1. The number of carboxylic acids is 1. The van der Waals surface area contributed by atoms with Crippen LogP contribution < -0.4 is 4.90 Å². The van der Waals surface area contributed by atoms with Gasteiger partial charge >= 0.3 is 5.97 Å². The van der Waals surface area contributed by atoms with Crippen LogP contribution in [0.5, 0.6) is 0 Å². The molecular weight excluding hydrogens is 218 g/mol. The van der Waals surface area contributed by atoms with E-state index in [-0.39, 0.29) is 17.7 Å². The summed E-state index contributed by atoms with van der Waals surface area (Å²) >= 11 is 5.63. The molecule has 0 radical (unpaired) electrons. The molecule has 6 heteroatoms. The molecule has 1 rings (SSSR count). The molecule has 82 valence electrons. The van der Waals surface area contributed by atoms with Gasteiger partial charge in [0.05, 0.1) is 6.42 Å². The predicted octanol–water partition coefficient (Wildman–Crippen LogP) is 1.43. The van der Waals surface area contributed by atoms with Crippen LogP contribution >= 0.6 is 11.6 Å². The molecule has 5 nitrogen and oxygen atoms in total. The third-order valence-corrected chi connectivity index (χ3v) is 2.29. The lowest BCUT2D eigenvalue weighted by Gasteiger charge is -2.24. The molecule has 0 aliphatic rings. The van der Waals surface area contributed by atoms with E-state index in [9.17, 15) is 4.79 Å². The Kier molecular flexibility index (Phi) is 3.85. The molecule has 15 heavy (non-hydrogen) atoms. The minimum Gasteiger partial charge on any atom is -0.481 e.